The van der Waals surface area contributed by atoms with E-state index < -0.39 is 5.82 Å². The summed E-state index contributed by atoms with van der Waals surface area (Å²) in [5.41, 5.74) is 0. The molecule has 2 bridgehead atoms. The summed E-state index contributed by atoms with van der Waals surface area (Å²) in [6.45, 7) is 3.27. The first-order chi connectivity index (χ1) is 15.0. The molecule has 2 fully saturated rings. The van der Waals surface area contributed by atoms with Gasteiger partial charge in [0.2, 0.25) is 11.8 Å². The van der Waals surface area contributed by atoms with Crippen molar-refractivity contribution in [2.45, 2.75) is 25.9 Å². The highest BCUT2D eigenvalue weighted by atomic mass is 127. The Morgan fingerprint density at radius 2 is 1.84 bits per heavy atom. The smallest absolute Gasteiger partial charge is 0.233 e. The van der Waals surface area contributed by atoms with Crippen molar-refractivity contribution in [2.75, 3.05) is 26.7 Å². The lowest BCUT2D eigenvalue weighted by atomic mass is 9.85. The van der Waals surface area contributed by atoms with Gasteiger partial charge in [-0.15, -0.1) is 24.0 Å². The van der Waals surface area contributed by atoms with E-state index in [9.17, 15) is 14.0 Å². The largest absolute Gasteiger partial charge is 0.486 e. The number of nitrogens with zero attached hydrogens (tertiary/aromatic N) is 2. The van der Waals surface area contributed by atoms with E-state index in [1.54, 1.807) is 25.2 Å². The van der Waals surface area contributed by atoms with Crippen molar-refractivity contribution >= 4 is 41.8 Å². The number of ether oxygens (including phenoxy) is 1. The van der Waals surface area contributed by atoms with E-state index in [0.29, 0.717) is 32.0 Å². The molecule has 5 unspecified atom stereocenters. The van der Waals surface area contributed by atoms with E-state index >= 15 is 0 Å². The Kier molecular flexibility index (Phi) is 8.13. The van der Waals surface area contributed by atoms with Gasteiger partial charge in [-0.1, -0.05) is 24.3 Å². The van der Waals surface area contributed by atoms with Gasteiger partial charge in [-0.05, 0) is 43.7 Å². The van der Waals surface area contributed by atoms with Gasteiger partial charge in [0.25, 0.3) is 0 Å². The number of likely N-dealkylation sites (tertiary alicyclic amines) is 1. The summed E-state index contributed by atoms with van der Waals surface area (Å²) in [5.74, 6) is 0.604. The molecular formula is C23H30FIN4O3. The molecule has 2 N–H and O–H groups in total. The first-order valence-electron chi connectivity index (χ1n) is 10.9. The van der Waals surface area contributed by atoms with Crippen LogP contribution in [0.25, 0.3) is 0 Å². The summed E-state index contributed by atoms with van der Waals surface area (Å²) in [6.07, 6.45) is 5.53. The molecule has 0 radical (unpaired) electrons. The maximum atomic E-state index is 13.7. The maximum Gasteiger partial charge on any atom is 0.233 e. The van der Waals surface area contributed by atoms with Gasteiger partial charge >= 0.3 is 0 Å². The van der Waals surface area contributed by atoms with Gasteiger partial charge in [0, 0.05) is 20.1 Å². The quantitative estimate of drug-likeness (QED) is 0.129. The first-order valence-corrected chi connectivity index (χ1v) is 10.9. The number of halogens is 2. The van der Waals surface area contributed by atoms with Crippen molar-refractivity contribution in [1.29, 1.82) is 0 Å². The summed E-state index contributed by atoms with van der Waals surface area (Å²) in [5, 5.41) is 6.32. The van der Waals surface area contributed by atoms with Crippen molar-refractivity contribution < 1.29 is 18.7 Å². The van der Waals surface area contributed by atoms with Crippen LogP contribution in [-0.4, -0.2) is 55.5 Å². The highest BCUT2D eigenvalue weighted by Gasteiger charge is 2.58. The standard InChI is InChI=1S/C23H29FN4O3.HI/c1-14(31-18-7-4-3-6-17(18)24)13-27-23(25-2)26-10-5-11-28-21(29)19-15-8-9-16(12-15)20(19)22(28)30;/h3-4,6-9,14-16,19-20H,5,10-13H2,1-2H3,(H2,25,26,27);1H. The number of imide groups is 1. The number of benzene rings is 1. The summed E-state index contributed by atoms with van der Waals surface area (Å²) in [6, 6.07) is 6.30. The first kappa shape index (κ1) is 24.5. The number of hydrogen-bond donors (Lipinski definition) is 2. The van der Waals surface area contributed by atoms with Gasteiger partial charge in [0.15, 0.2) is 17.5 Å². The Morgan fingerprint density at radius 1 is 1.19 bits per heavy atom. The fourth-order valence-electron chi connectivity index (χ4n) is 4.89. The molecule has 4 rings (SSSR count). The van der Waals surface area contributed by atoms with Crippen LogP contribution in [0.5, 0.6) is 5.75 Å². The van der Waals surface area contributed by atoms with E-state index in [1.807, 2.05) is 6.92 Å². The summed E-state index contributed by atoms with van der Waals surface area (Å²) < 4.78 is 19.3. The Bertz CT molecular complexity index is 879. The highest BCUT2D eigenvalue weighted by molar-refractivity contribution is 14.0. The number of rotatable bonds is 8. The summed E-state index contributed by atoms with van der Waals surface area (Å²) in [4.78, 5) is 31.0. The van der Waals surface area contributed by atoms with Gasteiger partial charge in [0.05, 0.1) is 18.4 Å². The van der Waals surface area contributed by atoms with Gasteiger partial charge in [-0.2, -0.15) is 0 Å². The number of aliphatic imine (C=N–C) groups is 1. The van der Waals surface area contributed by atoms with E-state index in [4.69, 9.17) is 4.74 Å². The predicted octanol–water partition coefficient (Wildman–Crippen LogP) is 2.57. The number of guanidine groups is 1. The molecule has 2 amide bonds. The van der Waals surface area contributed by atoms with Crippen molar-refractivity contribution in [1.82, 2.24) is 15.5 Å². The van der Waals surface area contributed by atoms with Crippen LogP contribution in [0.1, 0.15) is 19.8 Å². The Balaban J connectivity index is 0.00000289. The maximum absolute atomic E-state index is 13.7. The zero-order valence-corrected chi connectivity index (χ0v) is 20.6. The molecular weight excluding hydrogens is 526 g/mol. The molecule has 7 nitrogen and oxygen atoms in total. The molecule has 0 spiro atoms. The van der Waals surface area contributed by atoms with Gasteiger partial charge in [-0.25, -0.2) is 4.39 Å². The van der Waals surface area contributed by atoms with Crippen LogP contribution < -0.4 is 15.4 Å². The molecule has 32 heavy (non-hydrogen) atoms. The summed E-state index contributed by atoms with van der Waals surface area (Å²) >= 11 is 0. The number of fused-ring (bicyclic) bond motifs is 5. The fourth-order valence-corrected chi connectivity index (χ4v) is 4.89. The Labute approximate surface area is 204 Å². The number of allylic oxidation sites excluding steroid dienone is 2. The van der Waals surface area contributed by atoms with Crippen LogP contribution in [0.3, 0.4) is 0 Å². The molecule has 1 saturated heterocycles. The second-order valence-electron chi connectivity index (χ2n) is 8.42. The molecule has 174 valence electrons. The van der Waals surface area contributed by atoms with E-state index in [1.165, 1.54) is 11.0 Å². The number of hydrogen-bond acceptors (Lipinski definition) is 4. The zero-order valence-electron chi connectivity index (χ0n) is 18.3. The minimum Gasteiger partial charge on any atom is -0.486 e. The van der Waals surface area contributed by atoms with Crippen LogP contribution in [0.2, 0.25) is 0 Å². The van der Waals surface area contributed by atoms with Gasteiger partial charge < -0.3 is 15.4 Å². The average Bonchev–Trinajstić information content (AvgIpc) is 3.44. The van der Waals surface area contributed by atoms with Crippen LogP contribution in [-0.2, 0) is 9.59 Å². The Morgan fingerprint density at radius 3 is 2.47 bits per heavy atom. The minimum absolute atomic E-state index is 0. The van der Waals surface area contributed by atoms with E-state index in [2.05, 4.69) is 27.8 Å². The minimum atomic E-state index is -0.393. The van der Waals surface area contributed by atoms with Crippen molar-refractivity contribution in [3.8, 4) is 5.75 Å². The van der Waals surface area contributed by atoms with Crippen LogP contribution in [0.4, 0.5) is 4.39 Å². The lowest BCUT2D eigenvalue weighted by Crippen LogP contribution is -2.43. The Hall–Kier alpha value is -2.17. The zero-order chi connectivity index (χ0) is 22.0. The molecule has 1 aliphatic heterocycles. The molecule has 9 heteroatoms. The third kappa shape index (κ3) is 4.92. The van der Waals surface area contributed by atoms with Crippen molar-refractivity contribution in [3.05, 3.63) is 42.2 Å². The highest BCUT2D eigenvalue weighted by Crippen LogP contribution is 2.52. The van der Waals surface area contributed by atoms with E-state index in [-0.39, 0.29) is 71.3 Å². The van der Waals surface area contributed by atoms with Crippen LogP contribution >= 0.6 is 24.0 Å². The van der Waals surface area contributed by atoms with Crippen molar-refractivity contribution in [2.24, 2.45) is 28.7 Å². The normalized spacial score (nSPS) is 26.7. The molecule has 1 aromatic carbocycles. The number of carbonyl (C=O) groups excluding carboxylic acids is 2. The average molecular weight is 556 g/mol. The number of para-hydroxylation sites is 1. The molecule has 1 saturated carbocycles. The van der Waals surface area contributed by atoms with Gasteiger partial charge in [-0.3, -0.25) is 19.5 Å². The SMILES string of the molecule is CN=C(NCCCN1C(=O)C2C3C=CC(C3)C2C1=O)NCC(C)Oc1ccccc1F.I. The number of amides is 2. The molecule has 3 aliphatic rings. The molecule has 2 aliphatic carbocycles. The third-order valence-electron chi connectivity index (χ3n) is 6.36. The van der Waals surface area contributed by atoms with E-state index in [0.717, 1.165) is 6.42 Å². The molecule has 0 aromatic heterocycles. The molecule has 5 atom stereocenters. The third-order valence-corrected chi connectivity index (χ3v) is 6.36. The lowest BCUT2D eigenvalue weighted by Gasteiger charge is -2.19. The second-order valence-corrected chi connectivity index (χ2v) is 8.42. The predicted molar refractivity (Wildman–Crippen MR) is 130 cm³/mol. The van der Waals surface area contributed by atoms with Crippen LogP contribution in [0.15, 0.2) is 41.4 Å². The number of carbonyl (C=O) groups is 2. The monoisotopic (exact) mass is 556 g/mol. The van der Waals surface area contributed by atoms with Crippen LogP contribution in [0, 0.1) is 29.5 Å². The van der Waals surface area contributed by atoms with Crippen molar-refractivity contribution in [3.63, 3.8) is 0 Å². The topological polar surface area (TPSA) is 83.0 Å². The fraction of sp³-hybridized carbons (Fsp3) is 0.522. The molecule has 1 aromatic rings. The molecule has 1 heterocycles. The van der Waals surface area contributed by atoms with Gasteiger partial charge in [0.1, 0.15) is 6.10 Å². The lowest BCUT2D eigenvalue weighted by molar-refractivity contribution is -0.140. The summed E-state index contributed by atoms with van der Waals surface area (Å²) in [7, 11) is 1.66. The number of nitrogens with one attached hydrogen (secondary N) is 2. The second kappa shape index (κ2) is 10.6.